The van der Waals surface area contributed by atoms with Crippen LogP contribution in [0.15, 0.2) is 24.3 Å². The summed E-state index contributed by atoms with van der Waals surface area (Å²) in [7, 11) is 1.69. The Hall–Kier alpha value is -1.51. The minimum Gasteiger partial charge on any atom is -0.497 e. The fourth-order valence-electron chi connectivity index (χ4n) is 0.892. The predicted octanol–water partition coefficient (Wildman–Crippen LogP) is 3.80. The molecular formula is C16H29NO2. The van der Waals surface area contributed by atoms with Gasteiger partial charge in [0.05, 0.1) is 7.11 Å². The van der Waals surface area contributed by atoms with Crippen LogP contribution in [0.1, 0.15) is 46.6 Å². The molecule has 0 saturated carbocycles. The van der Waals surface area contributed by atoms with Crippen LogP contribution in [0.3, 0.4) is 0 Å². The summed E-state index contributed by atoms with van der Waals surface area (Å²) in [6, 6.07) is 8.12. The normalized spacial score (nSPS) is 8.79. The highest BCUT2D eigenvalue weighted by Crippen LogP contribution is 2.12. The molecule has 0 bridgehead atoms. The topological polar surface area (TPSA) is 52.3 Å². The number of benzene rings is 1. The molecule has 1 aromatic carbocycles. The first-order chi connectivity index (χ1) is 8.87. The van der Waals surface area contributed by atoms with Crippen molar-refractivity contribution in [3.63, 3.8) is 0 Å². The number of methoxy groups -OCH3 is 1. The number of nitrogens with two attached hydrogens (primary N) is 1. The third-order valence-electron chi connectivity index (χ3n) is 2.36. The van der Waals surface area contributed by atoms with E-state index >= 15 is 0 Å². The molecule has 110 valence electrons. The van der Waals surface area contributed by atoms with Crippen molar-refractivity contribution in [1.29, 1.82) is 0 Å². The molecule has 0 saturated heterocycles. The zero-order valence-electron chi connectivity index (χ0n) is 13.2. The van der Waals surface area contributed by atoms with Crippen molar-refractivity contribution in [2.75, 3.05) is 7.11 Å². The van der Waals surface area contributed by atoms with Crippen molar-refractivity contribution in [3.8, 4) is 5.75 Å². The number of hydrogen-bond donors (Lipinski definition) is 1. The number of aryl methyl sites for hydroxylation is 1. The molecule has 0 radical (unpaired) electrons. The average Bonchev–Trinajstić information content (AvgIpc) is 2.38. The smallest absolute Gasteiger partial charge is 0.214 e. The molecule has 1 rings (SSSR count). The summed E-state index contributed by atoms with van der Waals surface area (Å²) in [4.78, 5) is 9.22. The quantitative estimate of drug-likeness (QED) is 0.905. The maximum absolute atomic E-state index is 9.22. The van der Waals surface area contributed by atoms with Gasteiger partial charge in [-0.2, -0.15) is 0 Å². The van der Waals surface area contributed by atoms with Crippen LogP contribution in [0.4, 0.5) is 0 Å². The summed E-state index contributed by atoms with van der Waals surface area (Å²) in [5.41, 5.74) is 5.79. The third kappa shape index (κ3) is 16.5. The second kappa shape index (κ2) is 12.9. The van der Waals surface area contributed by atoms with Crippen LogP contribution < -0.4 is 10.5 Å². The Morgan fingerprint density at radius 2 is 1.79 bits per heavy atom. The lowest BCUT2D eigenvalue weighted by Crippen LogP contribution is -2.01. The molecule has 19 heavy (non-hydrogen) atoms. The molecule has 0 unspecified atom stereocenters. The van der Waals surface area contributed by atoms with Gasteiger partial charge in [-0.25, -0.2) is 0 Å². The van der Waals surface area contributed by atoms with E-state index in [0.717, 1.165) is 18.1 Å². The van der Waals surface area contributed by atoms with Crippen LogP contribution in [0.5, 0.6) is 5.75 Å². The van der Waals surface area contributed by atoms with Gasteiger partial charge in [0.1, 0.15) is 5.75 Å². The molecule has 0 aliphatic rings. The molecule has 0 atom stereocenters. The number of carbonyl (C=O) groups is 1. The lowest BCUT2D eigenvalue weighted by Gasteiger charge is -2.00. The molecule has 0 fully saturated rings. The van der Waals surface area contributed by atoms with Crippen molar-refractivity contribution in [1.82, 2.24) is 0 Å². The highest BCUT2D eigenvalue weighted by Gasteiger charge is 1.90. The first-order valence-electron chi connectivity index (χ1n) is 6.76. The summed E-state index contributed by atoms with van der Waals surface area (Å²) < 4.78 is 5.06. The van der Waals surface area contributed by atoms with Crippen LogP contribution in [-0.2, 0) is 11.2 Å². The first-order valence-corrected chi connectivity index (χ1v) is 6.76. The van der Waals surface area contributed by atoms with Gasteiger partial charge in [0, 0.05) is 6.92 Å². The van der Waals surface area contributed by atoms with Gasteiger partial charge in [-0.15, -0.1) is 0 Å². The van der Waals surface area contributed by atoms with Crippen LogP contribution >= 0.6 is 0 Å². The molecular weight excluding hydrogens is 238 g/mol. The molecule has 0 spiro atoms. The zero-order chi connectivity index (χ0) is 15.3. The van der Waals surface area contributed by atoms with Gasteiger partial charge >= 0.3 is 0 Å². The Morgan fingerprint density at radius 3 is 2.11 bits per heavy atom. The largest absolute Gasteiger partial charge is 0.497 e. The summed E-state index contributed by atoms with van der Waals surface area (Å²) in [6.45, 7) is 10.1. The Bertz CT molecular complexity index is 312. The van der Waals surface area contributed by atoms with Crippen LogP contribution in [-0.4, -0.2) is 13.0 Å². The number of amides is 1. The van der Waals surface area contributed by atoms with Crippen LogP contribution in [0.25, 0.3) is 0 Å². The minimum atomic E-state index is -0.333. The van der Waals surface area contributed by atoms with Gasteiger partial charge in [-0.1, -0.05) is 46.2 Å². The summed E-state index contributed by atoms with van der Waals surface area (Å²) in [5.74, 6) is 1.49. The third-order valence-corrected chi connectivity index (χ3v) is 2.36. The second-order valence-corrected chi connectivity index (χ2v) is 4.62. The number of carbonyl (C=O) groups excluding carboxylic acids is 1. The number of hydrogen-bond acceptors (Lipinski definition) is 2. The van der Waals surface area contributed by atoms with Gasteiger partial charge in [-0.05, 0) is 30.0 Å². The fourth-order valence-corrected chi connectivity index (χ4v) is 0.892. The second-order valence-electron chi connectivity index (χ2n) is 4.62. The van der Waals surface area contributed by atoms with Gasteiger partial charge in [-0.3, -0.25) is 4.79 Å². The van der Waals surface area contributed by atoms with Crippen LogP contribution in [0, 0.1) is 5.92 Å². The summed E-state index contributed by atoms with van der Waals surface area (Å²) in [5, 5.41) is 0. The molecule has 0 aliphatic heterocycles. The molecule has 3 heteroatoms. The molecule has 0 aliphatic carbocycles. The molecule has 1 amide bonds. The summed E-state index contributed by atoms with van der Waals surface area (Å²) in [6.07, 6.45) is 2.37. The average molecular weight is 267 g/mol. The lowest BCUT2D eigenvalue weighted by molar-refractivity contribution is -0.115. The maximum Gasteiger partial charge on any atom is 0.214 e. The van der Waals surface area contributed by atoms with Crippen molar-refractivity contribution in [2.45, 2.75) is 47.5 Å². The summed E-state index contributed by atoms with van der Waals surface area (Å²) >= 11 is 0. The number of rotatable bonds is 3. The SMILES string of the molecule is CC(N)=O.CCC(C)C.CCc1cccc(OC)c1. The Balaban J connectivity index is 0. The standard InChI is InChI=1S/C9H12O.C5H12.C2H5NO/c1-3-8-5-4-6-9(7-8)10-2;1-4-5(2)3;1-2(3)4/h4-7H,3H2,1-2H3;5H,4H2,1-3H3;1H3,(H2,3,4). The van der Waals surface area contributed by atoms with E-state index in [9.17, 15) is 4.79 Å². The van der Waals surface area contributed by atoms with Crippen molar-refractivity contribution >= 4 is 5.91 Å². The Morgan fingerprint density at radius 1 is 1.32 bits per heavy atom. The van der Waals surface area contributed by atoms with Crippen molar-refractivity contribution in [3.05, 3.63) is 29.8 Å². The zero-order valence-corrected chi connectivity index (χ0v) is 13.2. The van der Waals surface area contributed by atoms with Crippen molar-refractivity contribution in [2.24, 2.45) is 11.7 Å². The van der Waals surface area contributed by atoms with Gasteiger partial charge in [0.2, 0.25) is 5.91 Å². The Labute approximate surface area is 118 Å². The Kier molecular flexibility index (Phi) is 13.5. The maximum atomic E-state index is 9.22. The highest BCUT2D eigenvalue weighted by atomic mass is 16.5. The highest BCUT2D eigenvalue weighted by molar-refractivity contribution is 5.70. The van der Waals surface area contributed by atoms with Crippen LogP contribution in [0.2, 0.25) is 0 Å². The fraction of sp³-hybridized carbons (Fsp3) is 0.562. The number of primary amides is 1. The molecule has 0 heterocycles. The molecule has 2 N–H and O–H groups in total. The number of ether oxygens (including phenoxy) is 1. The van der Waals surface area contributed by atoms with Gasteiger partial charge in [0.25, 0.3) is 0 Å². The molecule has 3 nitrogen and oxygen atoms in total. The van der Waals surface area contributed by atoms with E-state index < -0.39 is 0 Å². The monoisotopic (exact) mass is 267 g/mol. The van der Waals surface area contributed by atoms with Gasteiger partial charge < -0.3 is 10.5 Å². The molecule has 1 aromatic rings. The van der Waals surface area contributed by atoms with E-state index in [4.69, 9.17) is 4.74 Å². The van der Waals surface area contributed by atoms with E-state index in [1.54, 1.807) is 7.11 Å². The van der Waals surface area contributed by atoms with E-state index in [0.29, 0.717) is 0 Å². The lowest BCUT2D eigenvalue weighted by atomic mass is 10.2. The van der Waals surface area contributed by atoms with Crippen molar-refractivity contribution < 1.29 is 9.53 Å². The first kappa shape index (κ1) is 19.8. The predicted molar refractivity (Wildman–Crippen MR) is 82.4 cm³/mol. The van der Waals surface area contributed by atoms with Gasteiger partial charge in [0.15, 0.2) is 0 Å². The minimum absolute atomic E-state index is 0.333. The van der Waals surface area contributed by atoms with E-state index in [-0.39, 0.29) is 5.91 Å². The van der Waals surface area contributed by atoms with E-state index in [1.165, 1.54) is 18.9 Å². The molecule has 0 aromatic heterocycles. The van der Waals surface area contributed by atoms with E-state index in [2.05, 4.69) is 45.6 Å². The van der Waals surface area contributed by atoms with E-state index in [1.807, 2.05) is 12.1 Å².